The predicted octanol–water partition coefficient (Wildman–Crippen LogP) is 0.688. The summed E-state index contributed by atoms with van der Waals surface area (Å²) in [6.07, 6.45) is 3.90. The molecular weight excluding hydrogens is 322 g/mol. The van der Waals surface area contributed by atoms with Crippen LogP contribution >= 0.6 is 0 Å². The Balaban J connectivity index is 1.21. The number of rotatable bonds is 3. The second-order valence-corrected chi connectivity index (χ2v) is 7.99. The van der Waals surface area contributed by atoms with Crippen LogP contribution in [0.15, 0.2) is 0 Å². The molecule has 0 saturated carbocycles. The number of hydrogen-bond donors (Lipinski definition) is 1. The number of piperazine rings is 1. The van der Waals surface area contributed by atoms with E-state index in [4.69, 9.17) is 14.2 Å². The normalized spacial score (nSPS) is 36.9. The summed E-state index contributed by atoms with van der Waals surface area (Å²) < 4.78 is 16.9. The number of carbonyl (C=O) groups excluding carboxylic acids is 1. The van der Waals surface area contributed by atoms with Gasteiger partial charge in [0.15, 0.2) is 0 Å². The van der Waals surface area contributed by atoms with Gasteiger partial charge in [0.1, 0.15) is 0 Å². The first kappa shape index (κ1) is 17.5. The Morgan fingerprint density at radius 1 is 1.08 bits per heavy atom. The maximum absolute atomic E-state index is 12.6. The lowest BCUT2D eigenvalue weighted by molar-refractivity contribution is -0.0882. The van der Waals surface area contributed by atoms with Crippen molar-refractivity contribution in [1.29, 1.82) is 0 Å². The summed E-state index contributed by atoms with van der Waals surface area (Å²) in [5, 5.41) is 3.24. The molecule has 0 aliphatic carbocycles. The zero-order chi connectivity index (χ0) is 17.1. The van der Waals surface area contributed by atoms with Gasteiger partial charge in [-0.3, -0.25) is 4.90 Å². The molecule has 4 saturated heterocycles. The van der Waals surface area contributed by atoms with Crippen molar-refractivity contribution < 1.29 is 19.0 Å². The summed E-state index contributed by atoms with van der Waals surface area (Å²) in [7, 11) is 0. The highest BCUT2D eigenvalue weighted by atomic mass is 16.6. The molecule has 2 amide bonds. The van der Waals surface area contributed by atoms with Gasteiger partial charge in [-0.2, -0.15) is 0 Å². The van der Waals surface area contributed by atoms with Crippen LogP contribution in [0, 0.1) is 5.92 Å². The van der Waals surface area contributed by atoms with E-state index in [-0.39, 0.29) is 17.7 Å². The SMILES string of the molecule is O=C(NC1CCOC2(CCOC2)C1)N1CCN(CC2CCOC2)CC1. The van der Waals surface area contributed by atoms with Crippen LogP contribution in [-0.4, -0.2) is 93.2 Å². The molecule has 0 radical (unpaired) electrons. The smallest absolute Gasteiger partial charge is 0.317 e. The summed E-state index contributed by atoms with van der Waals surface area (Å²) in [4.78, 5) is 17.1. The standard InChI is InChI=1S/C18H31N3O4/c22-17(19-16-2-9-25-18(11-16)3-10-24-14-18)21-6-4-20(5-7-21)12-15-1-8-23-13-15/h15-16H,1-14H2,(H,19,22). The van der Waals surface area contributed by atoms with Gasteiger partial charge < -0.3 is 24.4 Å². The van der Waals surface area contributed by atoms with Crippen LogP contribution in [0.4, 0.5) is 4.79 Å². The van der Waals surface area contributed by atoms with Gasteiger partial charge in [0.05, 0.1) is 18.8 Å². The second kappa shape index (κ2) is 7.78. The van der Waals surface area contributed by atoms with Crippen LogP contribution in [-0.2, 0) is 14.2 Å². The minimum atomic E-state index is -0.155. The Morgan fingerprint density at radius 2 is 1.96 bits per heavy atom. The minimum Gasteiger partial charge on any atom is -0.381 e. The third-order valence-corrected chi connectivity index (χ3v) is 6.09. The molecule has 0 aromatic rings. The van der Waals surface area contributed by atoms with Gasteiger partial charge >= 0.3 is 6.03 Å². The fraction of sp³-hybridized carbons (Fsp3) is 0.944. The zero-order valence-corrected chi connectivity index (χ0v) is 15.1. The number of hydrogen-bond acceptors (Lipinski definition) is 5. The first-order chi connectivity index (χ1) is 12.2. The summed E-state index contributed by atoms with van der Waals surface area (Å²) in [5.41, 5.74) is -0.155. The highest BCUT2D eigenvalue weighted by Crippen LogP contribution is 2.32. The molecule has 3 atom stereocenters. The lowest BCUT2D eigenvalue weighted by Gasteiger charge is -2.39. The average molecular weight is 353 g/mol. The first-order valence-corrected chi connectivity index (χ1v) is 9.80. The Hall–Kier alpha value is -0.890. The van der Waals surface area contributed by atoms with E-state index in [2.05, 4.69) is 10.2 Å². The highest BCUT2D eigenvalue weighted by molar-refractivity contribution is 5.74. The number of urea groups is 1. The van der Waals surface area contributed by atoms with Gasteiger partial charge in [-0.1, -0.05) is 0 Å². The molecule has 4 fully saturated rings. The van der Waals surface area contributed by atoms with Gasteiger partial charge in [0.25, 0.3) is 0 Å². The lowest BCUT2D eigenvalue weighted by atomic mass is 9.90. The first-order valence-electron chi connectivity index (χ1n) is 9.80. The zero-order valence-electron chi connectivity index (χ0n) is 15.1. The van der Waals surface area contributed by atoms with Crippen LogP contribution in [0.2, 0.25) is 0 Å². The van der Waals surface area contributed by atoms with E-state index in [0.717, 1.165) is 71.8 Å². The van der Waals surface area contributed by atoms with E-state index in [1.165, 1.54) is 6.42 Å². The predicted molar refractivity (Wildman–Crippen MR) is 92.6 cm³/mol. The Labute approximate surface area is 149 Å². The minimum absolute atomic E-state index is 0.0878. The van der Waals surface area contributed by atoms with E-state index in [1.54, 1.807) is 0 Å². The molecule has 7 nitrogen and oxygen atoms in total. The van der Waals surface area contributed by atoms with Gasteiger partial charge in [0.2, 0.25) is 0 Å². The topological polar surface area (TPSA) is 63.3 Å². The molecule has 4 aliphatic heterocycles. The van der Waals surface area contributed by atoms with Crippen LogP contribution < -0.4 is 5.32 Å². The fourth-order valence-corrected chi connectivity index (χ4v) is 4.51. The molecule has 0 bridgehead atoms. The monoisotopic (exact) mass is 353 g/mol. The van der Waals surface area contributed by atoms with E-state index >= 15 is 0 Å². The molecule has 4 rings (SSSR count). The Bertz CT molecular complexity index is 455. The lowest BCUT2D eigenvalue weighted by Crippen LogP contribution is -2.56. The van der Waals surface area contributed by atoms with Crippen molar-refractivity contribution in [3.05, 3.63) is 0 Å². The Morgan fingerprint density at radius 3 is 2.68 bits per heavy atom. The van der Waals surface area contributed by atoms with Gasteiger partial charge in [-0.05, 0) is 25.2 Å². The molecule has 0 aromatic carbocycles. The van der Waals surface area contributed by atoms with E-state index in [0.29, 0.717) is 19.1 Å². The average Bonchev–Trinajstić information content (AvgIpc) is 3.28. The van der Waals surface area contributed by atoms with Crippen LogP contribution in [0.3, 0.4) is 0 Å². The van der Waals surface area contributed by atoms with Crippen molar-refractivity contribution in [2.24, 2.45) is 5.92 Å². The molecule has 142 valence electrons. The maximum atomic E-state index is 12.6. The number of nitrogens with zero attached hydrogens (tertiary/aromatic N) is 2. The largest absolute Gasteiger partial charge is 0.381 e. The van der Waals surface area contributed by atoms with Gasteiger partial charge in [-0.15, -0.1) is 0 Å². The fourth-order valence-electron chi connectivity index (χ4n) is 4.51. The van der Waals surface area contributed by atoms with Crippen molar-refractivity contribution in [2.75, 3.05) is 65.8 Å². The Kier molecular flexibility index (Phi) is 5.45. The molecule has 4 aliphatic rings. The van der Waals surface area contributed by atoms with Crippen molar-refractivity contribution in [1.82, 2.24) is 15.1 Å². The third-order valence-electron chi connectivity index (χ3n) is 6.09. The van der Waals surface area contributed by atoms with Crippen molar-refractivity contribution in [2.45, 2.75) is 37.3 Å². The third kappa shape index (κ3) is 4.27. The summed E-state index contributed by atoms with van der Waals surface area (Å²) >= 11 is 0. The number of amides is 2. The highest BCUT2D eigenvalue weighted by Gasteiger charge is 2.41. The summed E-state index contributed by atoms with van der Waals surface area (Å²) in [6, 6.07) is 0.293. The number of ether oxygens (including phenoxy) is 3. The summed E-state index contributed by atoms with van der Waals surface area (Å²) in [6.45, 7) is 8.64. The molecule has 3 unspecified atom stereocenters. The van der Waals surface area contributed by atoms with Crippen molar-refractivity contribution in [3.63, 3.8) is 0 Å². The molecule has 25 heavy (non-hydrogen) atoms. The molecule has 1 spiro atoms. The quantitative estimate of drug-likeness (QED) is 0.809. The van der Waals surface area contributed by atoms with Crippen LogP contribution in [0.5, 0.6) is 0 Å². The van der Waals surface area contributed by atoms with Crippen LogP contribution in [0.1, 0.15) is 25.7 Å². The van der Waals surface area contributed by atoms with Gasteiger partial charge in [-0.25, -0.2) is 4.79 Å². The van der Waals surface area contributed by atoms with E-state index in [9.17, 15) is 4.79 Å². The summed E-state index contributed by atoms with van der Waals surface area (Å²) in [5.74, 6) is 0.674. The molecule has 1 N–H and O–H groups in total. The molecule has 7 heteroatoms. The van der Waals surface area contributed by atoms with Gasteiger partial charge in [0, 0.05) is 65.0 Å². The number of nitrogens with one attached hydrogen (secondary N) is 1. The van der Waals surface area contributed by atoms with E-state index in [1.807, 2.05) is 4.90 Å². The molecular formula is C18H31N3O4. The van der Waals surface area contributed by atoms with Crippen molar-refractivity contribution in [3.8, 4) is 0 Å². The molecule has 4 heterocycles. The van der Waals surface area contributed by atoms with Crippen molar-refractivity contribution >= 4 is 6.03 Å². The second-order valence-electron chi connectivity index (χ2n) is 7.99. The number of carbonyl (C=O) groups is 1. The van der Waals surface area contributed by atoms with E-state index < -0.39 is 0 Å². The molecule has 0 aromatic heterocycles. The maximum Gasteiger partial charge on any atom is 0.317 e. The van der Waals surface area contributed by atoms with Crippen LogP contribution in [0.25, 0.3) is 0 Å².